The van der Waals surface area contributed by atoms with E-state index in [9.17, 15) is 4.79 Å². The lowest BCUT2D eigenvalue weighted by atomic mass is 10.2. The summed E-state index contributed by atoms with van der Waals surface area (Å²) in [6.07, 6.45) is 2.16. The number of fused-ring (bicyclic) bond motifs is 1. The number of nitrogens with one attached hydrogen (secondary N) is 3. The number of rotatable bonds is 5. The summed E-state index contributed by atoms with van der Waals surface area (Å²) in [5.74, 6) is 1.48. The van der Waals surface area contributed by atoms with Gasteiger partial charge in [0.15, 0.2) is 16.6 Å². The number of hydrogen-bond acceptors (Lipinski definition) is 4. The molecule has 0 saturated heterocycles. The first-order valence-electron chi connectivity index (χ1n) is 6.90. The molecule has 0 atom stereocenters. The Morgan fingerprint density at radius 1 is 1.24 bits per heavy atom. The van der Waals surface area contributed by atoms with Gasteiger partial charge in [-0.25, -0.2) is 0 Å². The maximum Gasteiger partial charge on any atom is 0.239 e. The number of hydrogen-bond donors (Lipinski definition) is 3. The number of amides is 1. The number of carbonyl (C=O) groups excluding carboxylic acids is 1. The van der Waals surface area contributed by atoms with Crippen molar-refractivity contribution in [1.29, 1.82) is 0 Å². The average molecular weight is 307 g/mol. The zero-order valence-corrected chi connectivity index (χ0v) is 12.3. The van der Waals surface area contributed by atoms with Crippen molar-refractivity contribution in [2.45, 2.75) is 25.4 Å². The van der Waals surface area contributed by atoms with E-state index in [1.165, 1.54) is 0 Å². The van der Waals surface area contributed by atoms with Crippen molar-refractivity contribution in [3.05, 3.63) is 23.8 Å². The molecule has 112 valence electrons. The van der Waals surface area contributed by atoms with Gasteiger partial charge in [-0.15, -0.1) is 0 Å². The van der Waals surface area contributed by atoms with Gasteiger partial charge in [0.05, 0.1) is 6.54 Å². The third kappa shape index (κ3) is 3.98. The van der Waals surface area contributed by atoms with E-state index in [1.807, 2.05) is 18.2 Å². The minimum Gasteiger partial charge on any atom is -0.454 e. The van der Waals surface area contributed by atoms with Crippen molar-refractivity contribution in [2.24, 2.45) is 0 Å². The second kappa shape index (κ2) is 6.17. The Morgan fingerprint density at radius 3 is 2.86 bits per heavy atom. The third-order valence-electron chi connectivity index (χ3n) is 3.24. The Morgan fingerprint density at radius 2 is 2.05 bits per heavy atom. The van der Waals surface area contributed by atoms with Gasteiger partial charge in [-0.2, -0.15) is 0 Å². The van der Waals surface area contributed by atoms with Gasteiger partial charge in [-0.05, 0) is 42.8 Å². The fraction of sp³-hybridized carbons (Fsp3) is 0.429. The van der Waals surface area contributed by atoms with Crippen LogP contribution in [0.15, 0.2) is 18.2 Å². The predicted molar refractivity (Wildman–Crippen MR) is 81.2 cm³/mol. The lowest BCUT2D eigenvalue weighted by Gasteiger charge is -2.11. The lowest BCUT2D eigenvalue weighted by molar-refractivity contribution is -0.120. The molecule has 1 fully saturated rings. The third-order valence-corrected chi connectivity index (χ3v) is 3.53. The Balaban J connectivity index is 1.39. The van der Waals surface area contributed by atoms with Gasteiger partial charge in [-0.3, -0.25) is 4.79 Å². The summed E-state index contributed by atoms with van der Waals surface area (Å²) in [6.45, 7) is 1.03. The van der Waals surface area contributed by atoms with Gasteiger partial charge in [0.1, 0.15) is 0 Å². The molecule has 3 rings (SSSR count). The zero-order chi connectivity index (χ0) is 14.7. The van der Waals surface area contributed by atoms with Crippen LogP contribution in [0.1, 0.15) is 18.4 Å². The smallest absolute Gasteiger partial charge is 0.239 e. The molecule has 3 N–H and O–H groups in total. The Hall–Kier alpha value is -2.02. The highest BCUT2D eigenvalue weighted by atomic mass is 32.1. The molecule has 21 heavy (non-hydrogen) atoms. The SMILES string of the molecule is O=C(CNC(=S)NCc1ccc2c(c1)OCO2)NC1CC1. The molecule has 1 aliphatic carbocycles. The van der Waals surface area contributed by atoms with Crippen LogP contribution in [0.3, 0.4) is 0 Å². The van der Waals surface area contributed by atoms with Crippen LogP contribution in [0.4, 0.5) is 0 Å². The van der Waals surface area contributed by atoms with Crippen molar-refractivity contribution in [1.82, 2.24) is 16.0 Å². The van der Waals surface area contributed by atoms with Crippen LogP contribution >= 0.6 is 12.2 Å². The average Bonchev–Trinajstić information content (AvgIpc) is 3.16. The summed E-state index contributed by atoms with van der Waals surface area (Å²) in [4.78, 5) is 11.5. The van der Waals surface area contributed by atoms with Crippen LogP contribution in [0.25, 0.3) is 0 Å². The molecule has 0 spiro atoms. The highest BCUT2D eigenvalue weighted by Gasteiger charge is 2.22. The number of ether oxygens (including phenoxy) is 2. The standard InChI is InChI=1S/C14H17N3O3S/c18-13(17-10-2-3-10)7-16-14(21)15-6-9-1-4-11-12(5-9)20-8-19-11/h1,4-5,10H,2-3,6-8H2,(H,17,18)(H2,15,16,21). The van der Waals surface area contributed by atoms with E-state index in [4.69, 9.17) is 21.7 Å². The molecule has 1 aliphatic heterocycles. The molecule has 1 heterocycles. The molecule has 0 aromatic heterocycles. The fourth-order valence-electron chi connectivity index (χ4n) is 1.96. The molecule has 7 heteroatoms. The maximum absolute atomic E-state index is 11.5. The topological polar surface area (TPSA) is 71.6 Å². The second-order valence-electron chi connectivity index (χ2n) is 5.07. The van der Waals surface area contributed by atoms with E-state index in [0.29, 0.717) is 17.7 Å². The van der Waals surface area contributed by atoms with Gasteiger partial charge in [-0.1, -0.05) is 6.07 Å². The van der Waals surface area contributed by atoms with Gasteiger partial charge in [0, 0.05) is 12.6 Å². The van der Waals surface area contributed by atoms with E-state index in [0.717, 1.165) is 29.9 Å². The van der Waals surface area contributed by atoms with Crippen molar-refractivity contribution < 1.29 is 14.3 Å². The molecule has 2 aliphatic rings. The van der Waals surface area contributed by atoms with Gasteiger partial charge < -0.3 is 25.4 Å². The first-order chi connectivity index (χ1) is 10.2. The summed E-state index contributed by atoms with van der Waals surface area (Å²) < 4.78 is 10.6. The molecule has 0 unspecified atom stereocenters. The molecule has 0 bridgehead atoms. The van der Waals surface area contributed by atoms with Crippen LogP contribution < -0.4 is 25.4 Å². The predicted octanol–water partition coefficient (Wildman–Crippen LogP) is 0.658. The quantitative estimate of drug-likeness (QED) is 0.694. The number of thiocarbonyl (C=S) groups is 1. The molecule has 0 radical (unpaired) electrons. The summed E-state index contributed by atoms with van der Waals surface area (Å²) in [5.41, 5.74) is 1.03. The summed E-state index contributed by atoms with van der Waals surface area (Å²) in [5, 5.41) is 9.30. The minimum atomic E-state index is -0.0234. The van der Waals surface area contributed by atoms with Crippen LogP contribution in [0.2, 0.25) is 0 Å². The van der Waals surface area contributed by atoms with E-state index in [1.54, 1.807) is 0 Å². The van der Waals surface area contributed by atoms with Crippen molar-refractivity contribution >= 4 is 23.2 Å². The van der Waals surface area contributed by atoms with Crippen LogP contribution in [0.5, 0.6) is 11.5 Å². The monoisotopic (exact) mass is 307 g/mol. The van der Waals surface area contributed by atoms with Crippen molar-refractivity contribution in [3.63, 3.8) is 0 Å². The van der Waals surface area contributed by atoms with Crippen LogP contribution in [0, 0.1) is 0 Å². The minimum absolute atomic E-state index is 0.0234. The summed E-state index contributed by atoms with van der Waals surface area (Å²) >= 11 is 5.14. The van der Waals surface area contributed by atoms with Crippen molar-refractivity contribution in [2.75, 3.05) is 13.3 Å². The number of carbonyl (C=O) groups is 1. The van der Waals surface area contributed by atoms with Gasteiger partial charge in [0.25, 0.3) is 0 Å². The maximum atomic E-state index is 11.5. The largest absolute Gasteiger partial charge is 0.454 e. The van der Waals surface area contributed by atoms with E-state index in [2.05, 4.69) is 16.0 Å². The first-order valence-corrected chi connectivity index (χ1v) is 7.31. The fourth-order valence-corrected chi connectivity index (χ4v) is 2.11. The van der Waals surface area contributed by atoms with E-state index < -0.39 is 0 Å². The summed E-state index contributed by atoms with van der Waals surface area (Å²) in [6, 6.07) is 6.11. The zero-order valence-electron chi connectivity index (χ0n) is 11.5. The Bertz CT molecular complexity index is 560. The Labute approximate surface area is 128 Å². The van der Waals surface area contributed by atoms with E-state index in [-0.39, 0.29) is 19.2 Å². The lowest BCUT2D eigenvalue weighted by Crippen LogP contribution is -2.42. The molecule has 6 nitrogen and oxygen atoms in total. The molecular formula is C14H17N3O3S. The van der Waals surface area contributed by atoms with Crippen molar-refractivity contribution in [3.8, 4) is 11.5 Å². The normalized spacial score (nSPS) is 15.4. The highest BCUT2D eigenvalue weighted by molar-refractivity contribution is 7.80. The molecular weight excluding hydrogens is 290 g/mol. The highest BCUT2D eigenvalue weighted by Crippen LogP contribution is 2.32. The van der Waals surface area contributed by atoms with Crippen LogP contribution in [-0.2, 0) is 11.3 Å². The summed E-state index contributed by atoms with van der Waals surface area (Å²) in [7, 11) is 0. The molecule has 1 amide bonds. The molecule has 1 aromatic carbocycles. The van der Waals surface area contributed by atoms with Crippen LogP contribution in [-0.4, -0.2) is 30.4 Å². The van der Waals surface area contributed by atoms with E-state index >= 15 is 0 Å². The number of benzene rings is 1. The first kappa shape index (κ1) is 13.9. The Kier molecular flexibility index (Phi) is 4.10. The second-order valence-corrected chi connectivity index (χ2v) is 5.47. The van der Waals surface area contributed by atoms with Gasteiger partial charge >= 0.3 is 0 Å². The molecule has 1 aromatic rings. The van der Waals surface area contributed by atoms with Gasteiger partial charge in [0.2, 0.25) is 12.7 Å². The molecule has 1 saturated carbocycles.